The zero-order valence-corrected chi connectivity index (χ0v) is 12.0. The zero-order chi connectivity index (χ0) is 16.5. The molecule has 118 valence electrons. The summed E-state index contributed by atoms with van der Waals surface area (Å²) in [7, 11) is 0. The molecule has 0 aliphatic carbocycles. The van der Waals surface area contributed by atoms with Crippen LogP contribution in [0.15, 0.2) is 30.9 Å². The lowest BCUT2D eigenvalue weighted by atomic mass is 9.99. The third-order valence-electron chi connectivity index (χ3n) is 2.77. The first-order valence-electron chi connectivity index (χ1n) is 6.49. The third-order valence-corrected chi connectivity index (χ3v) is 2.77. The van der Waals surface area contributed by atoms with Crippen LogP contribution in [-0.4, -0.2) is 36.4 Å². The first-order chi connectivity index (χ1) is 10.5. The molecule has 0 unspecified atom stereocenters. The molecular weight excluding hydrogens is 292 g/mol. The van der Waals surface area contributed by atoms with Gasteiger partial charge < -0.3 is 9.47 Å². The first kappa shape index (κ1) is 17.4. The van der Waals surface area contributed by atoms with Gasteiger partial charge in [0.2, 0.25) is 0 Å². The molecule has 0 spiro atoms. The summed E-state index contributed by atoms with van der Waals surface area (Å²) in [6.45, 7) is 4.70. The van der Waals surface area contributed by atoms with Gasteiger partial charge in [-0.2, -0.15) is 5.26 Å². The van der Waals surface area contributed by atoms with Gasteiger partial charge in [-0.25, -0.2) is 14.4 Å². The minimum atomic E-state index is -1.04. The van der Waals surface area contributed by atoms with Crippen LogP contribution in [-0.2, 0) is 25.6 Å². The molecule has 0 saturated heterocycles. The Labute approximate surface area is 127 Å². The second kappa shape index (κ2) is 8.58. The van der Waals surface area contributed by atoms with Crippen molar-refractivity contribution in [3.05, 3.63) is 47.5 Å². The fraction of sp³-hybridized carbons (Fsp3) is 0.267. The van der Waals surface area contributed by atoms with Gasteiger partial charge in [0.1, 0.15) is 13.2 Å². The van der Waals surface area contributed by atoms with E-state index in [0.29, 0.717) is 12.0 Å². The highest BCUT2D eigenvalue weighted by Gasteiger charge is 2.22. The number of aryl methyl sites for hydroxylation is 1. The maximum Gasteiger partial charge on any atom is 0.373 e. The van der Waals surface area contributed by atoms with Crippen LogP contribution in [0, 0.1) is 0 Å². The number of carbonyl (C=O) groups excluding carboxylic acids is 3. The molecule has 0 fully saturated rings. The van der Waals surface area contributed by atoms with Gasteiger partial charge in [0.15, 0.2) is 0 Å². The van der Waals surface area contributed by atoms with E-state index in [1.165, 1.54) is 6.07 Å². The van der Waals surface area contributed by atoms with Crippen molar-refractivity contribution in [2.24, 2.45) is 0 Å². The fourth-order valence-electron chi connectivity index (χ4n) is 1.76. The SMILES string of the molecule is C=CC(=O)OCCOC(=O)c1cccc(CC)c1C(=O)OO. The standard InChI is InChI=1S/C15H16O7/c1-3-10-6-5-7-11(13(10)15(18)22-19)14(17)21-9-8-20-12(16)4-2/h4-7,19H,2-3,8-9H2,1H3. The lowest BCUT2D eigenvalue weighted by Gasteiger charge is -2.11. The molecule has 7 nitrogen and oxygen atoms in total. The Morgan fingerprint density at radius 3 is 2.45 bits per heavy atom. The number of ether oxygens (including phenoxy) is 2. The highest BCUT2D eigenvalue weighted by atomic mass is 17.1. The predicted molar refractivity (Wildman–Crippen MR) is 75.3 cm³/mol. The molecule has 0 aliphatic rings. The van der Waals surface area contributed by atoms with E-state index in [1.807, 2.05) is 0 Å². The first-order valence-corrected chi connectivity index (χ1v) is 6.49. The van der Waals surface area contributed by atoms with Gasteiger partial charge in [-0.1, -0.05) is 25.6 Å². The van der Waals surface area contributed by atoms with E-state index in [4.69, 9.17) is 9.99 Å². The van der Waals surface area contributed by atoms with Crippen LogP contribution in [0.5, 0.6) is 0 Å². The van der Waals surface area contributed by atoms with Gasteiger partial charge in [-0.3, -0.25) is 4.89 Å². The fourth-order valence-corrected chi connectivity index (χ4v) is 1.76. The molecule has 22 heavy (non-hydrogen) atoms. The predicted octanol–water partition coefficient (Wildman–Crippen LogP) is 1.76. The van der Waals surface area contributed by atoms with E-state index in [1.54, 1.807) is 19.1 Å². The van der Waals surface area contributed by atoms with Crippen LogP contribution in [0.2, 0.25) is 0 Å². The molecule has 1 rings (SSSR count). The summed E-state index contributed by atoms with van der Waals surface area (Å²) in [6.07, 6.45) is 1.45. The van der Waals surface area contributed by atoms with Gasteiger partial charge in [0, 0.05) is 6.08 Å². The molecular formula is C15H16O7. The Kier molecular flexibility index (Phi) is 6.78. The van der Waals surface area contributed by atoms with Crippen molar-refractivity contribution in [2.45, 2.75) is 13.3 Å². The average molecular weight is 308 g/mol. The van der Waals surface area contributed by atoms with Crippen LogP contribution < -0.4 is 0 Å². The van der Waals surface area contributed by atoms with E-state index >= 15 is 0 Å². The van der Waals surface area contributed by atoms with Crippen molar-refractivity contribution in [1.29, 1.82) is 0 Å². The maximum absolute atomic E-state index is 12.0. The normalized spacial score (nSPS) is 9.73. The highest BCUT2D eigenvalue weighted by Crippen LogP contribution is 2.18. The molecule has 0 atom stereocenters. The van der Waals surface area contributed by atoms with Gasteiger partial charge in [0.05, 0.1) is 11.1 Å². The summed E-state index contributed by atoms with van der Waals surface area (Å²) in [6, 6.07) is 4.60. The molecule has 0 radical (unpaired) electrons. The second-order valence-electron chi connectivity index (χ2n) is 4.08. The number of esters is 2. The summed E-state index contributed by atoms with van der Waals surface area (Å²) >= 11 is 0. The van der Waals surface area contributed by atoms with Crippen LogP contribution in [0.1, 0.15) is 33.2 Å². The highest BCUT2D eigenvalue weighted by molar-refractivity contribution is 6.04. The molecule has 1 aromatic rings. The summed E-state index contributed by atoms with van der Waals surface area (Å²) in [5, 5.41) is 8.55. The zero-order valence-electron chi connectivity index (χ0n) is 12.0. The molecule has 1 N–H and O–H groups in total. The molecule has 0 aliphatic heterocycles. The average Bonchev–Trinajstić information content (AvgIpc) is 2.56. The second-order valence-corrected chi connectivity index (χ2v) is 4.08. The van der Waals surface area contributed by atoms with Gasteiger partial charge in [0.25, 0.3) is 0 Å². The van der Waals surface area contributed by atoms with Crippen LogP contribution in [0.4, 0.5) is 0 Å². The van der Waals surface area contributed by atoms with Crippen molar-refractivity contribution in [2.75, 3.05) is 13.2 Å². The maximum atomic E-state index is 12.0. The van der Waals surface area contributed by atoms with Crippen LogP contribution in [0.25, 0.3) is 0 Å². The van der Waals surface area contributed by atoms with Crippen molar-refractivity contribution >= 4 is 17.9 Å². The summed E-state index contributed by atoms with van der Waals surface area (Å²) < 4.78 is 9.57. The minimum Gasteiger partial charge on any atom is -0.459 e. The molecule has 0 saturated carbocycles. The monoisotopic (exact) mass is 308 g/mol. The quantitative estimate of drug-likeness (QED) is 0.205. The number of rotatable bonds is 7. The van der Waals surface area contributed by atoms with Crippen LogP contribution in [0.3, 0.4) is 0 Å². The molecule has 0 heterocycles. The summed E-state index contributed by atoms with van der Waals surface area (Å²) in [5.41, 5.74) is 0.445. The Bertz CT molecular complexity index is 577. The van der Waals surface area contributed by atoms with Gasteiger partial charge >= 0.3 is 17.9 Å². The third kappa shape index (κ3) is 4.42. The molecule has 0 bridgehead atoms. The van der Waals surface area contributed by atoms with E-state index in [2.05, 4.69) is 16.2 Å². The van der Waals surface area contributed by atoms with Crippen molar-refractivity contribution in [1.82, 2.24) is 0 Å². The Hall–Kier alpha value is -2.67. The van der Waals surface area contributed by atoms with E-state index < -0.39 is 17.9 Å². The van der Waals surface area contributed by atoms with E-state index in [9.17, 15) is 14.4 Å². The number of carbonyl (C=O) groups is 3. The Morgan fingerprint density at radius 2 is 1.86 bits per heavy atom. The largest absolute Gasteiger partial charge is 0.459 e. The lowest BCUT2D eigenvalue weighted by Crippen LogP contribution is -2.17. The van der Waals surface area contributed by atoms with Crippen LogP contribution >= 0.6 is 0 Å². The number of hydrogen-bond acceptors (Lipinski definition) is 7. The van der Waals surface area contributed by atoms with E-state index in [0.717, 1.165) is 6.08 Å². The van der Waals surface area contributed by atoms with Gasteiger partial charge in [-0.15, -0.1) is 0 Å². The topological polar surface area (TPSA) is 99.1 Å². The Morgan fingerprint density at radius 1 is 1.18 bits per heavy atom. The van der Waals surface area contributed by atoms with Crippen molar-refractivity contribution in [3.63, 3.8) is 0 Å². The molecule has 1 aromatic carbocycles. The van der Waals surface area contributed by atoms with Crippen molar-refractivity contribution in [3.8, 4) is 0 Å². The van der Waals surface area contributed by atoms with Crippen molar-refractivity contribution < 1.29 is 34.0 Å². The summed E-state index contributed by atoms with van der Waals surface area (Å²) in [5.74, 6) is -2.46. The van der Waals surface area contributed by atoms with E-state index in [-0.39, 0.29) is 24.3 Å². The lowest BCUT2D eigenvalue weighted by molar-refractivity contribution is -0.182. The molecule has 0 amide bonds. The molecule has 7 heteroatoms. The smallest absolute Gasteiger partial charge is 0.373 e. The molecule has 0 aromatic heterocycles. The Balaban J connectivity index is 2.82. The summed E-state index contributed by atoms with van der Waals surface area (Å²) in [4.78, 5) is 38.1. The van der Waals surface area contributed by atoms with Gasteiger partial charge in [-0.05, 0) is 18.1 Å². The number of hydrogen-bond donors (Lipinski definition) is 1. The number of benzene rings is 1. The minimum absolute atomic E-state index is 0.0338.